The molecule has 31 heavy (non-hydrogen) atoms. The number of carbonyl (C=O) groups excluding carboxylic acids is 1. The topological polar surface area (TPSA) is 90.7 Å². The van der Waals surface area contributed by atoms with Crippen LogP contribution in [0.5, 0.6) is 0 Å². The molecule has 3 aromatic rings. The predicted octanol–water partition coefficient (Wildman–Crippen LogP) is 4.82. The lowest BCUT2D eigenvalue weighted by Crippen LogP contribution is -2.18. The molecule has 0 aliphatic carbocycles. The Hall–Kier alpha value is -3.21. The third-order valence-electron chi connectivity index (χ3n) is 4.54. The summed E-state index contributed by atoms with van der Waals surface area (Å²) in [6, 6.07) is 17.6. The number of rotatable bonds is 8. The largest absolute Gasteiger partial charge is 0.325 e. The van der Waals surface area contributed by atoms with Crippen LogP contribution in [0, 0.1) is 17.2 Å². The van der Waals surface area contributed by atoms with Crippen molar-refractivity contribution < 1.29 is 4.79 Å². The van der Waals surface area contributed by atoms with Gasteiger partial charge in [0, 0.05) is 35.5 Å². The average molecular weight is 432 g/mol. The normalized spacial score (nSPS) is 10.7. The molecule has 0 saturated heterocycles. The minimum absolute atomic E-state index is 0.122. The van der Waals surface area contributed by atoms with Gasteiger partial charge >= 0.3 is 0 Å². The number of carbonyl (C=O) groups is 1. The molecule has 0 aliphatic rings. The van der Waals surface area contributed by atoms with E-state index in [1.54, 1.807) is 30.3 Å². The van der Waals surface area contributed by atoms with Crippen molar-refractivity contribution in [2.24, 2.45) is 5.92 Å². The molecule has 0 unspecified atom stereocenters. The van der Waals surface area contributed by atoms with Crippen LogP contribution >= 0.6 is 11.9 Å². The number of amides is 1. The lowest BCUT2D eigenvalue weighted by Gasteiger charge is -2.11. The first kappa shape index (κ1) is 22.5. The fourth-order valence-electron chi connectivity index (χ4n) is 2.84. The van der Waals surface area contributed by atoms with Crippen LogP contribution < -0.4 is 10.0 Å². The van der Waals surface area contributed by atoms with E-state index >= 15 is 0 Å². The van der Waals surface area contributed by atoms with Gasteiger partial charge in [-0.2, -0.15) is 5.26 Å². The Kier molecular flexibility index (Phi) is 7.76. The summed E-state index contributed by atoms with van der Waals surface area (Å²) in [5, 5.41) is 12.3. The Labute approximate surface area is 187 Å². The van der Waals surface area contributed by atoms with Crippen molar-refractivity contribution in [1.29, 1.82) is 5.26 Å². The molecule has 2 N–H and O–H groups in total. The Morgan fingerprint density at radius 3 is 2.61 bits per heavy atom. The number of anilines is 1. The number of aromatic nitrogens is 2. The zero-order valence-corrected chi connectivity index (χ0v) is 18.7. The number of nitrogens with one attached hydrogen (secondary N) is 2. The fraction of sp³-hybridized carbons (Fsp3) is 0.250. The van der Waals surface area contributed by atoms with Crippen LogP contribution in [0.3, 0.4) is 0 Å². The van der Waals surface area contributed by atoms with Crippen LogP contribution in [0.25, 0.3) is 11.3 Å². The van der Waals surface area contributed by atoms with Gasteiger partial charge in [0.1, 0.15) is 11.9 Å². The summed E-state index contributed by atoms with van der Waals surface area (Å²) >= 11 is 1.61. The maximum absolute atomic E-state index is 12.0. The molecule has 0 atom stereocenters. The van der Waals surface area contributed by atoms with E-state index in [0.717, 1.165) is 28.3 Å². The molecule has 6 nitrogen and oxygen atoms in total. The van der Waals surface area contributed by atoms with Crippen molar-refractivity contribution in [3.05, 3.63) is 71.7 Å². The van der Waals surface area contributed by atoms with Crippen molar-refractivity contribution in [1.82, 2.24) is 14.7 Å². The first-order chi connectivity index (χ1) is 15.0. The van der Waals surface area contributed by atoms with Crippen LogP contribution in [0.4, 0.5) is 5.69 Å². The molecular weight excluding hydrogens is 406 g/mol. The highest BCUT2D eigenvalue weighted by atomic mass is 32.2. The molecule has 0 radical (unpaired) electrons. The number of hydrogen-bond acceptors (Lipinski definition) is 6. The summed E-state index contributed by atoms with van der Waals surface area (Å²) in [7, 11) is 0. The van der Waals surface area contributed by atoms with Crippen molar-refractivity contribution in [3.8, 4) is 17.3 Å². The standard InChI is InChI=1S/C24H25N5OS/c1-4-27-31-20-8-5-17(6-9-20)13-23-26-12-11-22(28-23)18-7-10-21(19(14-18)15-25)29-24(30)16(2)3/h5-12,14,16,27H,4,13H2,1-3H3,(H,29,30). The summed E-state index contributed by atoms with van der Waals surface area (Å²) in [4.78, 5) is 22.2. The molecule has 7 heteroatoms. The molecule has 0 spiro atoms. The number of nitriles is 1. The van der Waals surface area contributed by atoms with Gasteiger partial charge in [-0.25, -0.2) is 9.97 Å². The molecule has 158 valence electrons. The summed E-state index contributed by atoms with van der Waals surface area (Å²) < 4.78 is 3.23. The highest BCUT2D eigenvalue weighted by Crippen LogP contribution is 2.24. The van der Waals surface area contributed by atoms with Gasteiger partial charge in [-0.05, 0) is 47.8 Å². The molecule has 2 aromatic carbocycles. The third-order valence-corrected chi connectivity index (χ3v) is 5.48. The first-order valence-corrected chi connectivity index (χ1v) is 11.0. The van der Waals surface area contributed by atoms with Gasteiger partial charge in [-0.3, -0.25) is 9.52 Å². The molecule has 0 fully saturated rings. The number of hydrogen-bond donors (Lipinski definition) is 2. The maximum atomic E-state index is 12.0. The van der Waals surface area contributed by atoms with Gasteiger partial charge in [-0.1, -0.05) is 39.0 Å². The molecular formula is C24H25N5OS. The van der Waals surface area contributed by atoms with E-state index in [4.69, 9.17) is 0 Å². The second-order valence-electron chi connectivity index (χ2n) is 7.29. The zero-order chi connectivity index (χ0) is 22.2. The second kappa shape index (κ2) is 10.7. The average Bonchev–Trinajstić information content (AvgIpc) is 2.79. The van der Waals surface area contributed by atoms with Gasteiger partial charge in [0.25, 0.3) is 0 Å². The van der Waals surface area contributed by atoms with E-state index < -0.39 is 0 Å². The SMILES string of the molecule is CCNSc1ccc(Cc2nccc(-c3ccc(NC(=O)C(C)C)c(C#N)c3)n2)cc1. The van der Waals surface area contributed by atoms with E-state index in [-0.39, 0.29) is 11.8 Å². The molecule has 1 amide bonds. The maximum Gasteiger partial charge on any atom is 0.226 e. The van der Waals surface area contributed by atoms with E-state index in [1.165, 1.54) is 0 Å². The molecule has 0 bridgehead atoms. The first-order valence-electron chi connectivity index (χ1n) is 10.2. The van der Waals surface area contributed by atoms with Gasteiger partial charge in [0.2, 0.25) is 5.91 Å². The van der Waals surface area contributed by atoms with Gasteiger partial charge < -0.3 is 5.32 Å². The van der Waals surface area contributed by atoms with Crippen LogP contribution in [-0.4, -0.2) is 22.4 Å². The highest BCUT2D eigenvalue weighted by molar-refractivity contribution is 7.97. The lowest BCUT2D eigenvalue weighted by molar-refractivity contribution is -0.118. The summed E-state index contributed by atoms with van der Waals surface area (Å²) in [5.74, 6) is 0.426. The number of nitrogens with zero attached hydrogens (tertiary/aromatic N) is 3. The monoisotopic (exact) mass is 431 g/mol. The van der Waals surface area contributed by atoms with Crippen LogP contribution in [-0.2, 0) is 11.2 Å². The van der Waals surface area contributed by atoms with E-state index in [9.17, 15) is 10.1 Å². The minimum Gasteiger partial charge on any atom is -0.325 e. The Bertz CT molecular complexity index is 1090. The van der Waals surface area contributed by atoms with E-state index in [0.29, 0.717) is 23.5 Å². The lowest BCUT2D eigenvalue weighted by atomic mass is 10.1. The van der Waals surface area contributed by atoms with Crippen molar-refractivity contribution in [2.75, 3.05) is 11.9 Å². The Balaban J connectivity index is 1.78. The summed E-state index contributed by atoms with van der Waals surface area (Å²) in [6.45, 7) is 6.60. The van der Waals surface area contributed by atoms with E-state index in [1.807, 2.05) is 26.0 Å². The molecule has 3 rings (SSSR count). The van der Waals surface area contributed by atoms with Crippen molar-refractivity contribution in [2.45, 2.75) is 32.1 Å². The van der Waals surface area contributed by atoms with Gasteiger partial charge in [0.05, 0.1) is 16.9 Å². The quantitative estimate of drug-likeness (QED) is 0.497. The summed E-state index contributed by atoms with van der Waals surface area (Å²) in [6.07, 6.45) is 2.35. The molecule has 1 heterocycles. The van der Waals surface area contributed by atoms with E-state index in [2.05, 4.69) is 57.3 Å². The fourth-order valence-corrected chi connectivity index (χ4v) is 3.42. The second-order valence-corrected chi connectivity index (χ2v) is 8.26. The number of benzene rings is 2. The van der Waals surface area contributed by atoms with Crippen molar-refractivity contribution >= 4 is 23.5 Å². The smallest absolute Gasteiger partial charge is 0.226 e. The van der Waals surface area contributed by atoms with Crippen molar-refractivity contribution in [3.63, 3.8) is 0 Å². The predicted molar refractivity (Wildman–Crippen MR) is 124 cm³/mol. The van der Waals surface area contributed by atoms with Gasteiger partial charge in [0.15, 0.2) is 0 Å². The third kappa shape index (κ3) is 6.14. The molecule has 0 aliphatic heterocycles. The Morgan fingerprint density at radius 1 is 1.16 bits per heavy atom. The van der Waals surface area contributed by atoms with Crippen LogP contribution in [0.1, 0.15) is 37.7 Å². The Morgan fingerprint density at radius 2 is 1.94 bits per heavy atom. The molecule has 1 aromatic heterocycles. The van der Waals surface area contributed by atoms with Gasteiger partial charge in [-0.15, -0.1) is 0 Å². The minimum atomic E-state index is -0.161. The zero-order valence-electron chi connectivity index (χ0n) is 17.8. The van der Waals surface area contributed by atoms with Crippen LogP contribution in [0.15, 0.2) is 59.6 Å². The summed E-state index contributed by atoms with van der Waals surface area (Å²) in [5.41, 5.74) is 3.58. The molecule has 0 saturated carbocycles. The van der Waals surface area contributed by atoms with Crippen LogP contribution in [0.2, 0.25) is 0 Å². The highest BCUT2D eigenvalue weighted by Gasteiger charge is 2.12.